The third-order valence-electron chi connectivity index (χ3n) is 3.13. The fourth-order valence-corrected chi connectivity index (χ4v) is 2.11. The van der Waals surface area contributed by atoms with Crippen LogP contribution in [0.2, 0.25) is 0 Å². The van der Waals surface area contributed by atoms with Gasteiger partial charge in [-0.05, 0) is 31.7 Å². The second-order valence-corrected chi connectivity index (χ2v) is 4.30. The van der Waals surface area contributed by atoms with Gasteiger partial charge in [-0.3, -0.25) is 4.79 Å². The maximum Gasteiger partial charge on any atom is 0.193 e. The number of Topliss-reactive ketones (excluding diaryl/α,β-unsaturated/α-hetero) is 1. The molecule has 0 N–H and O–H groups in total. The van der Waals surface area contributed by atoms with Gasteiger partial charge in [-0.2, -0.15) is 0 Å². The molecule has 0 aromatic heterocycles. The molecule has 0 radical (unpaired) electrons. The minimum Gasteiger partial charge on any atom is -0.296 e. The average Bonchev–Trinajstić information content (AvgIpc) is 2.23. The summed E-state index contributed by atoms with van der Waals surface area (Å²) < 4.78 is 14.5. The summed E-state index contributed by atoms with van der Waals surface area (Å²) in [5.41, 5.74) is -0.102. The van der Waals surface area contributed by atoms with Gasteiger partial charge >= 0.3 is 0 Å². The van der Waals surface area contributed by atoms with Crippen LogP contribution in [0, 0.1) is 6.92 Å². The van der Waals surface area contributed by atoms with Crippen molar-refractivity contribution < 1.29 is 9.18 Å². The number of rotatable bonds is 1. The molecule has 80 valence electrons. The van der Waals surface area contributed by atoms with Gasteiger partial charge < -0.3 is 0 Å². The molecule has 2 rings (SSSR count). The maximum absolute atomic E-state index is 14.5. The summed E-state index contributed by atoms with van der Waals surface area (Å²) in [5, 5.41) is 0. The fraction of sp³-hybridized carbons (Fsp3) is 0.462. The molecule has 0 saturated heterocycles. The molecule has 0 aliphatic heterocycles. The Morgan fingerprint density at radius 3 is 2.47 bits per heavy atom. The standard InChI is InChI=1S/C13H15FO/c1-10-5-7-11(8-6-10)13(14)9-3-2-4-12(13)15/h5-8H,2-4,9H2,1H3/t13-/m1/s1. The minimum atomic E-state index is -1.72. The highest BCUT2D eigenvalue weighted by molar-refractivity contribution is 5.89. The van der Waals surface area contributed by atoms with E-state index in [1.807, 2.05) is 19.1 Å². The summed E-state index contributed by atoms with van der Waals surface area (Å²) in [6, 6.07) is 7.19. The van der Waals surface area contributed by atoms with Gasteiger partial charge in [0.15, 0.2) is 11.5 Å². The van der Waals surface area contributed by atoms with Crippen molar-refractivity contribution in [3.63, 3.8) is 0 Å². The van der Waals surface area contributed by atoms with Crippen molar-refractivity contribution in [2.24, 2.45) is 0 Å². The largest absolute Gasteiger partial charge is 0.296 e. The summed E-state index contributed by atoms with van der Waals surface area (Å²) in [6.07, 6.45) is 2.35. The molecule has 0 bridgehead atoms. The van der Waals surface area contributed by atoms with Crippen molar-refractivity contribution in [3.8, 4) is 0 Å². The monoisotopic (exact) mass is 206 g/mol. The number of carbonyl (C=O) groups excluding carboxylic acids is 1. The minimum absolute atomic E-state index is 0.252. The first-order chi connectivity index (χ1) is 7.13. The number of aryl methyl sites for hydroxylation is 1. The molecule has 0 heterocycles. The van der Waals surface area contributed by atoms with Crippen LogP contribution in [0.5, 0.6) is 0 Å². The van der Waals surface area contributed by atoms with Crippen molar-refractivity contribution in [1.82, 2.24) is 0 Å². The molecular formula is C13H15FO. The summed E-state index contributed by atoms with van der Waals surface area (Å²) in [4.78, 5) is 11.6. The van der Waals surface area contributed by atoms with E-state index in [1.54, 1.807) is 12.1 Å². The van der Waals surface area contributed by atoms with Crippen LogP contribution in [0.4, 0.5) is 4.39 Å². The van der Waals surface area contributed by atoms with Gasteiger partial charge in [0.05, 0.1) is 0 Å². The Hall–Kier alpha value is -1.18. The van der Waals surface area contributed by atoms with Crippen LogP contribution < -0.4 is 0 Å². The summed E-state index contributed by atoms with van der Waals surface area (Å²) in [6.45, 7) is 1.96. The summed E-state index contributed by atoms with van der Waals surface area (Å²) in [7, 11) is 0. The van der Waals surface area contributed by atoms with Crippen molar-refractivity contribution >= 4 is 5.78 Å². The molecule has 2 heteroatoms. The Bertz CT molecular complexity index is 369. The Kier molecular flexibility index (Phi) is 2.59. The first kappa shape index (κ1) is 10.3. The number of carbonyl (C=O) groups is 1. The predicted octanol–water partition coefficient (Wildman–Crippen LogP) is 3.30. The van der Waals surface area contributed by atoms with E-state index in [9.17, 15) is 9.18 Å². The first-order valence-electron chi connectivity index (χ1n) is 5.42. The lowest BCUT2D eigenvalue weighted by Crippen LogP contribution is -2.34. The highest BCUT2D eigenvalue weighted by atomic mass is 19.1. The van der Waals surface area contributed by atoms with Crippen LogP contribution in [0.15, 0.2) is 24.3 Å². The van der Waals surface area contributed by atoms with Gasteiger partial charge in [0.2, 0.25) is 0 Å². The third-order valence-corrected chi connectivity index (χ3v) is 3.13. The number of hydrogen-bond acceptors (Lipinski definition) is 1. The molecule has 1 aromatic rings. The van der Waals surface area contributed by atoms with E-state index in [-0.39, 0.29) is 5.78 Å². The van der Waals surface area contributed by atoms with Gasteiger partial charge in [-0.1, -0.05) is 29.8 Å². The molecule has 1 fully saturated rings. The third kappa shape index (κ3) is 1.81. The second-order valence-electron chi connectivity index (χ2n) is 4.30. The normalized spacial score (nSPS) is 26.7. The Balaban J connectivity index is 2.35. The van der Waals surface area contributed by atoms with Gasteiger partial charge in [0, 0.05) is 6.42 Å². The van der Waals surface area contributed by atoms with E-state index in [4.69, 9.17) is 0 Å². The summed E-state index contributed by atoms with van der Waals surface area (Å²) in [5.74, 6) is -0.252. The van der Waals surface area contributed by atoms with Gasteiger partial charge in [0.25, 0.3) is 0 Å². The van der Waals surface area contributed by atoms with Crippen molar-refractivity contribution in [1.29, 1.82) is 0 Å². The summed E-state index contributed by atoms with van der Waals surface area (Å²) >= 11 is 0. The number of ketones is 1. The molecule has 0 amide bonds. The van der Waals surface area contributed by atoms with Crippen LogP contribution >= 0.6 is 0 Å². The first-order valence-corrected chi connectivity index (χ1v) is 5.42. The van der Waals surface area contributed by atoms with Crippen LogP contribution in [0.3, 0.4) is 0 Å². The quantitative estimate of drug-likeness (QED) is 0.689. The van der Waals surface area contributed by atoms with Crippen molar-refractivity contribution in [2.45, 2.75) is 38.3 Å². The van der Waals surface area contributed by atoms with Gasteiger partial charge in [0.1, 0.15) is 0 Å². The molecule has 0 spiro atoms. The smallest absolute Gasteiger partial charge is 0.193 e. The Morgan fingerprint density at radius 2 is 1.87 bits per heavy atom. The Labute approximate surface area is 89.3 Å². The van der Waals surface area contributed by atoms with Crippen molar-refractivity contribution in [3.05, 3.63) is 35.4 Å². The van der Waals surface area contributed by atoms with E-state index in [0.29, 0.717) is 18.4 Å². The number of alkyl halides is 1. The van der Waals surface area contributed by atoms with Gasteiger partial charge in [-0.15, -0.1) is 0 Å². The fourth-order valence-electron chi connectivity index (χ4n) is 2.11. The molecular weight excluding hydrogens is 191 g/mol. The number of hydrogen-bond donors (Lipinski definition) is 0. The molecule has 15 heavy (non-hydrogen) atoms. The zero-order chi connectivity index (χ0) is 10.9. The number of benzene rings is 1. The topological polar surface area (TPSA) is 17.1 Å². The van der Waals surface area contributed by atoms with E-state index in [0.717, 1.165) is 18.4 Å². The average molecular weight is 206 g/mol. The molecule has 1 aromatic carbocycles. The van der Waals surface area contributed by atoms with E-state index >= 15 is 0 Å². The van der Waals surface area contributed by atoms with E-state index in [1.165, 1.54) is 0 Å². The lowest BCUT2D eigenvalue weighted by molar-refractivity contribution is -0.134. The molecule has 1 aliphatic carbocycles. The molecule has 0 unspecified atom stereocenters. The SMILES string of the molecule is Cc1ccc([C@]2(F)CCCCC2=O)cc1. The molecule has 1 aliphatic rings. The van der Waals surface area contributed by atoms with Crippen LogP contribution in [0.25, 0.3) is 0 Å². The lowest BCUT2D eigenvalue weighted by atomic mass is 9.80. The highest BCUT2D eigenvalue weighted by Gasteiger charge is 2.41. The van der Waals surface area contributed by atoms with Crippen LogP contribution in [0.1, 0.15) is 36.8 Å². The van der Waals surface area contributed by atoms with E-state index in [2.05, 4.69) is 0 Å². The van der Waals surface area contributed by atoms with Crippen molar-refractivity contribution in [2.75, 3.05) is 0 Å². The van der Waals surface area contributed by atoms with Gasteiger partial charge in [-0.25, -0.2) is 4.39 Å². The number of halogens is 1. The maximum atomic E-state index is 14.5. The Morgan fingerprint density at radius 1 is 1.20 bits per heavy atom. The van der Waals surface area contributed by atoms with E-state index < -0.39 is 5.67 Å². The van der Waals surface area contributed by atoms with Crippen LogP contribution in [-0.4, -0.2) is 5.78 Å². The lowest BCUT2D eigenvalue weighted by Gasteiger charge is -2.28. The highest BCUT2D eigenvalue weighted by Crippen LogP contribution is 2.38. The molecule has 1 saturated carbocycles. The zero-order valence-electron chi connectivity index (χ0n) is 8.92. The second kappa shape index (κ2) is 3.76. The predicted molar refractivity (Wildman–Crippen MR) is 57.4 cm³/mol. The molecule has 1 nitrogen and oxygen atoms in total. The molecule has 1 atom stereocenters. The van der Waals surface area contributed by atoms with Crippen LogP contribution in [-0.2, 0) is 10.5 Å². The zero-order valence-corrected chi connectivity index (χ0v) is 8.92.